The fourth-order valence-corrected chi connectivity index (χ4v) is 1.15. The van der Waals surface area contributed by atoms with Gasteiger partial charge in [-0.05, 0) is 38.4 Å². The Bertz CT molecular complexity index is 475. The van der Waals surface area contributed by atoms with E-state index in [9.17, 15) is 4.79 Å². The maximum absolute atomic E-state index is 11.5. The van der Waals surface area contributed by atoms with Gasteiger partial charge >= 0.3 is 6.09 Å². The second kappa shape index (κ2) is 5.88. The van der Waals surface area contributed by atoms with Crippen LogP contribution >= 0.6 is 0 Å². The largest absolute Gasteiger partial charge is 0.444 e. The molecule has 1 N–H and O–H groups in total. The highest BCUT2D eigenvalue weighted by atomic mass is 16.6. The summed E-state index contributed by atoms with van der Waals surface area (Å²) in [5, 5.41) is 5.90. The first-order valence-electron chi connectivity index (χ1n) is 5.37. The predicted molar refractivity (Wildman–Crippen MR) is 66.9 cm³/mol. The normalized spacial score (nSPS) is 10.4. The predicted octanol–water partition coefficient (Wildman–Crippen LogP) is 3.24. The van der Waals surface area contributed by atoms with Gasteiger partial charge in [-0.15, -0.1) is 0 Å². The summed E-state index contributed by atoms with van der Waals surface area (Å²) in [6, 6.07) is 5.04. The molecular weight excluding hydrogens is 234 g/mol. The van der Waals surface area contributed by atoms with Crippen LogP contribution in [0.2, 0.25) is 0 Å². The number of azide groups is 1. The average molecular weight is 249 g/mol. The van der Waals surface area contributed by atoms with Crippen LogP contribution in [0, 0.1) is 0 Å². The maximum Gasteiger partial charge on any atom is 0.413 e. The zero-order valence-corrected chi connectivity index (χ0v) is 10.5. The molecule has 0 aliphatic rings. The Morgan fingerprint density at radius 2 is 2.28 bits per heavy atom. The third-order valence-electron chi connectivity index (χ3n) is 1.73. The van der Waals surface area contributed by atoms with Gasteiger partial charge in [-0.2, -0.15) is 0 Å². The van der Waals surface area contributed by atoms with Gasteiger partial charge in [0.1, 0.15) is 11.4 Å². The van der Waals surface area contributed by atoms with Gasteiger partial charge in [-0.3, -0.25) is 5.32 Å². The summed E-state index contributed by atoms with van der Waals surface area (Å²) < 4.78 is 5.09. The molecule has 18 heavy (non-hydrogen) atoms. The van der Waals surface area contributed by atoms with Crippen molar-refractivity contribution < 1.29 is 9.53 Å². The summed E-state index contributed by atoms with van der Waals surface area (Å²) in [6.07, 6.45) is -0.573. The summed E-state index contributed by atoms with van der Waals surface area (Å²) in [6.45, 7) is 5.47. The van der Waals surface area contributed by atoms with Gasteiger partial charge in [0.2, 0.25) is 0 Å². The number of amides is 1. The summed E-state index contributed by atoms with van der Waals surface area (Å²) in [7, 11) is 0. The molecule has 0 spiro atoms. The van der Waals surface area contributed by atoms with Gasteiger partial charge in [0, 0.05) is 10.6 Å². The summed E-state index contributed by atoms with van der Waals surface area (Å²) in [5.41, 5.74) is 8.22. The number of pyridine rings is 1. The molecule has 0 unspecified atom stereocenters. The number of anilines is 1. The van der Waals surface area contributed by atoms with Gasteiger partial charge in [-0.25, -0.2) is 9.78 Å². The second-order valence-corrected chi connectivity index (χ2v) is 4.53. The van der Waals surface area contributed by atoms with Crippen molar-refractivity contribution in [2.75, 3.05) is 5.32 Å². The topological polar surface area (TPSA) is 100.0 Å². The molecule has 7 nitrogen and oxygen atoms in total. The van der Waals surface area contributed by atoms with Crippen LogP contribution in [0.25, 0.3) is 10.4 Å². The molecule has 1 rings (SSSR count). The summed E-state index contributed by atoms with van der Waals surface area (Å²) >= 11 is 0. The molecule has 0 aromatic carbocycles. The Balaban J connectivity index is 2.67. The van der Waals surface area contributed by atoms with E-state index in [1.807, 2.05) is 0 Å². The quantitative estimate of drug-likeness (QED) is 0.505. The van der Waals surface area contributed by atoms with E-state index in [0.29, 0.717) is 11.5 Å². The summed E-state index contributed by atoms with van der Waals surface area (Å²) in [4.78, 5) is 18.2. The van der Waals surface area contributed by atoms with E-state index in [1.165, 1.54) is 0 Å². The van der Waals surface area contributed by atoms with E-state index in [0.717, 1.165) is 0 Å². The molecule has 96 valence electrons. The molecule has 1 heterocycles. The Morgan fingerprint density at radius 1 is 1.56 bits per heavy atom. The molecule has 0 bridgehead atoms. The Kier molecular flexibility index (Phi) is 4.51. The first kappa shape index (κ1) is 13.8. The second-order valence-electron chi connectivity index (χ2n) is 4.53. The number of aromatic nitrogens is 1. The van der Waals surface area contributed by atoms with Crippen LogP contribution < -0.4 is 5.32 Å². The Labute approximate surface area is 105 Å². The highest BCUT2D eigenvalue weighted by Crippen LogP contribution is 2.10. The van der Waals surface area contributed by atoms with Crippen molar-refractivity contribution in [2.45, 2.75) is 32.9 Å². The number of rotatable bonds is 3. The highest BCUT2D eigenvalue weighted by Gasteiger charge is 2.16. The van der Waals surface area contributed by atoms with Crippen molar-refractivity contribution in [1.82, 2.24) is 4.98 Å². The molecule has 0 radical (unpaired) electrons. The number of nitrogens with one attached hydrogen (secondary N) is 1. The van der Waals surface area contributed by atoms with E-state index >= 15 is 0 Å². The molecule has 0 atom stereocenters. The van der Waals surface area contributed by atoms with Crippen LogP contribution in [-0.4, -0.2) is 16.7 Å². The minimum absolute atomic E-state index is 0.139. The van der Waals surface area contributed by atoms with Gasteiger partial charge in [0.25, 0.3) is 0 Å². The number of ether oxygens (including phenoxy) is 1. The van der Waals surface area contributed by atoms with Crippen LogP contribution in [0.15, 0.2) is 23.3 Å². The minimum Gasteiger partial charge on any atom is -0.444 e. The zero-order valence-electron chi connectivity index (χ0n) is 10.5. The molecule has 0 saturated carbocycles. The lowest BCUT2D eigenvalue weighted by Crippen LogP contribution is -2.27. The van der Waals surface area contributed by atoms with Gasteiger partial charge in [0.05, 0.1) is 6.54 Å². The molecule has 0 fully saturated rings. The van der Waals surface area contributed by atoms with E-state index in [-0.39, 0.29) is 6.54 Å². The molecule has 1 aromatic heterocycles. The van der Waals surface area contributed by atoms with E-state index in [4.69, 9.17) is 10.3 Å². The fraction of sp³-hybridized carbons (Fsp3) is 0.455. The molecule has 0 aliphatic heterocycles. The van der Waals surface area contributed by atoms with Crippen molar-refractivity contribution in [3.63, 3.8) is 0 Å². The van der Waals surface area contributed by atoms with Crippen molar-refractivity contribution in [1.29, 1.82) is 0 Å². The first-order chi connectivity index (χ1) is 8.40. The van der Waals surface area contributed by atoms with Crippen LogP contribution in [0.1, 0.15) is 26.5 Å². The lowest BCUT2D eigenvalue weighted by Gasteiger charge is -2.19. The Hall–Kier alpha value is -2.27. The molecule has 7 heteroatoms. The lowest BCUT2D eigenvalue weighted by atomic mass is 10.2. The zero-order chi connectivity index (χ0) is 13.6. The molecule has 1 aromatic rings. The third-order valence-corrected chi connectivity index (χ3v) is 1.73. The first-order valence-corrected chi connectivity index (χ1v) is 5.37. The Morgan fingerprint density at radius 3 is 2.89 bits per heavy atom. The van der Waals surface area contributed by atoms with Gasteiger partial charge in [0.15, 0.2) is 0 Å². The molecule has 0 saturated heterocycles. The van der Waals surface area contributed by atoms with Crippen LogP contribution in [0.5, 0.6) is 0 Å². The minimum atomic E-state index is -0.573. The van der Waals surface area contributed by atoms with Crippen molar-refractivity contribution in [3.05, 3.63) is 34.3 Å². The molecule has 1 amide bonds. The van der Waals surface area contributed by atoms with Crippen molar-refractivity contribution >= 4 is 11.9 Å². The number of hydrogen-bond donors (Lipinski definition) is 1. The number of nitrogens with zero attached hydrogens (tertiary/aromatic N) is 4. The van der Waals surface area contributed by atoms with E-state index in [1.54, 1.807) is 39.0 Å². The molecular formula is C11H15N5O2. The van der Waals surface area contributed by atoms with Crippen molar-refractivity contribution in [3.8, 4) is 0 Å². The molecule has 0 aliphatic carbocycles. The van der Waals surface area contributed by atoms with Crippen LogP contribution in [-0.2, 0) is 11.3 Å². The van der Waals surface area contributed by atoms with Crippen molar-refractivity contribution in [2.24, 2.45) is 5.11 Å². The smallest absolute Gasteiger partial charge is 0.413 e. The fourth-order valence-electron chi connectivity index (χ4n) is 1.15. The highest BCUT2D eigenvalue weighted by molar-refractivity contribution is 5.83. The van der Waals surface area contributed by atoms with E-state index in [2.05, 4.69) is 20.3 Å². The van der Waals surface area contributed by atoms with Crippen LogP contribution in [0.3, 0.4) is 0 Å². The SMILES string of the molecule is CC(C)(C)OC(=O)Nc1cccc(CN=[N+]=[N-])n1. The number of hydrogen-bond acceptors (Lipinski definition) is 4. The van der Waals surface area contributed by atoms with Gasteiger partial charge in [-0.1, -0.05) is 11.2 Å². The van der Waals surface area contributed by atoms with Gasteiger partial charge < -0.3 is 4.74 Å². The third kappa shape index (κ3) is 5.18. The lowest BCUT2D eigenvalue weighted by molar-refractivity contribution is 0.0635. The maximum atomic E-state index is 11.5. The standard InChI is InChI=1S/C11H15N5O2/c1-11(2,3)18-10(17)15-9-6-4-5-8(14-9)7-13-16-12/h4-6H,7H2,1-3H3,(H,14,15,17). The monoisotopic (exact) mass is 249 g/mol. The van der Waals surface area contributed by atoms with E-state index < -0.39 is 11.7 Å². The average Bonchev–Trinajstić information content (AvgIpc) is 2.24. The number of carbonyl (C=O) groups is 1. The number of carbonyl (C=O) groups excluding carboxylic acids is 1. The summed E-state index contributed by atoms with van der Waals surface area (Å²) in [5.74, 6) is 0.356. The van der Waals surface area contributed by atoms with Crippen LogP contribution in [0.4, 0.5) is 10.6 Å².